The Kier molecular flexibility index (Phi) is 3.31. The first-order valence-corrected chi connectivity index (χ1v) is 6.55. The highest BCUT2D eigenvalue weighted by Crippen LogP contribution is 2.26. The number of rotatable bonds is 2. The number of aromatic nitrogens is 1. The van der Waals surface area contributed by atoms with Crippen molar-refractivity contribution >= 4 is 50.3 Å². The number of hydrogen-bond acceptors (Lipinski definition) is 4. The van der Waals surface area contributed by atoms with Gasteiger partial charge in [-0.15, -0.1) is 22.7 Å². The SMILES string of the molecule is N#C/C(=C\c1ccc(Br)s1)c1nccs1. The average molecular weight is 297 g/mol. The summed E-state index contributed by atoms with van der Waals surface area (Å²) in [4.78, 5) is 5.16. The Hall–Kier alpha value is -0.960. The smallest absolute Gasteiger partial charge is 0.133 e. The van der Waals surface area contributed by atoms with Crippen molar-refractivity contribution in [2.24, 2.45) is 0 Å². The number of nitrogens with zero attached hydrogens (tertiary/aromatic N) is 2. The second-order valence-corrected chi connectivity index (χ2v) is 6.04. The van der Waals surface area contributed by atoms with Crippen molar-refractivity contribution in [1.82, 2.24) is 4.98 Å². The summed E-state index contributed by atoms with van der Waals surface area (Å²) in [6, 6.07) is 6.10. The number of thiazole rings is 1. The Morgan fingerprint density at radius 1 is 1.53 bits per heavy atom. The fourth-order valence-corrected chi connectivity index (χ4v) is 3.02. The lowest BCUT2D eigenvalue weighted by Gasteiger charge is -1.90. The molecule has 0 fully saturated rings. The monoisotopic (exact) mass is 296 g/mol. The van der Waals surface area contributed by atoms with Crippen LogP contribution in [0.2, 0.25) is 0 Å². The fourth-order valence-electron chi connectivity index (χ4n) is 1.05. The van der Waals surface area contributed by atoms with Gasteiger partial charge in [0.2, 0.25) is 0 Å². The number of thiophene rings is 1. The molecule has 0 N–H and O–H groups in total. The Balaban J connectivity index is 2.36. The van der Waals surface area contributed by atoms with Crippen LogP contribution in [0.4, 0.5) is 0 Å². The highest BCUT2D eigenvalue weighted by Gasteiger charge is 2.04. The minimum atomic E-state index is 0.611. The van der Waals surface area contributed by atoms with Crippen LogP contribution in [0, 0.1) is 11.3 Å². The maximum absolute atomic E-state index is 9.01. The van der Waals surface area contributed by atoms with E-state index in [0.717, 1.165) is 13.7 Å². The number of hydrogen-bond donors (Lipinski definition) is 0. The molecule has 0 saturated carbocycles. The van der Waals surface area contributed by atoms with Crippen LogP contribution in [0.25, 0.3) is 11.6 Å². The molecule has 15 heavy (non-hydrogen) atoms. The molecule has 0 aliphatic rings. The van der Waals surface area contributed by atoms with Gasteiger partial charge in [-0.2, -0.15) is 5.26 Å². The predicted molar refractivity (Wildman–Crippen MR) is 67.6 cm³/mol. The first-order chi connectivity index (χ1) is 7.29. The molecule has 0 aliphatic carbocycles. The normalized spacial score (nSPS) is 11.3. The molecule has 2 aromatic rings. The van der Waals surface area contributed by atoms with Crippen LogP contribution in [-0.2, 0) is 0 Å². The summed E-state index contributed by atoms with van der Waals surface area (Å²) < 4.78 is 1.06. The highest BCUT2D eigenvalue weighted by molar-refractivity contribution is 9.11. The van der Waals surface area contributed by atoms with Crippen LogP contribution in [0.3, 0.4) is 0 Å². The lowest BCUT2D eigenvalue weighted by atomic mass is 10.2. The van der Waals surface area contributed by atoms with Crippen molar-refractivity contribution in [2.45, 2.75) is 0 Å². The minimum absolute atomic E-state index is 0.611. The van der Waals surface area contributed by atoms with Crippen LogP contribution in [0.15, 0.2) is 27.5 Å². The molecule has 2 rings (SSSR count). The van der Waals surface area contributed by atoms with Gasteiger partial charge in [-0.05, 0) is 34.1 Å². The van der Waals surface area contributed by atoms with E-state index < -0.39 is 0 Å². The van der Waals surface area contributed by atoms with Gasteiger partial charge in [-0.25, -0.2) is 4.98 Å². The second kappa shape index (κ2) is 4.71. The van der Waals surface area contributed by atoms with E-state index >= 15 is 0 Å². The summed E-state index contributed by atoms with van der Waals surface area (Å²) in [7, 11) is 0. The molecule has 0 aromatic carbocycles. The molecule has 0 bridgehead atoms. The summed E-state index contributed by atoms with van der Waals surface area (Å²) in [6.45, 7) is 0. The summed E-state index contributed by atoms with van der Waals surface area (Å²) in [5.74, 6) is 0. The number of halogens is 1. The van der Waals surface area contributed by atoms with Crippen molar-refractivity contribution < 1.29 is 0 Å². The van der Waals surface area contributed by atoms with Crippen LogP contribution < -0.4 is 0 Å². The molecule has 2 heterocycles. The zero-order valence-corrected chi connectivity index (χ0v) is 10.7. The number of nitriles is 1. The lowest BCUT2D eigenvalue weighted by Crippen LogP contribution is -1.77. The van der Waals surface area contributed by atoms with Crippen molar-refractivity contribution in [1.29, 1.82) is 5.26 Å². The molecule has 2 aromatic heterocycles. The maximum Gasteiger partial charge on any atom is 0.133 e. The van der Waals surface area contributed by atoms with Gasteiger partial charge in [0.1, 0.15) is 11.1 Å². The van der Waals surface area contributed by atoms with Gasteiger partial charge < -0.3 is 0 Å². The predicted octanol–water partition coefficient (Wildman–Crippen LogP) is 4.03. The zero-order chi connectivity index (χ0) is 10.7. The van der Waals surface area contributed by atoms with Crippen LogP contribution >= 0.6 is 38.6 Å². The molecule has 2 nitrogen and oxygen atoms in total. The maximum atomic E-state index is 9.01. The average Bonchev–Trinajstić information content (AvgIpc) is 2.85. The molecule has 0 aliphatic heterocycles. The summed E-state index contributed by atoms with van der Waals surface area (Å²) in [5, 5.41) is 11.6. The second-order valence-electron chi connectivity index (χ2n) is 2.65. The number of allylic oxidation sites excluding steroid dienone is 1. The molecule has 0 spiro atoms. The molecule has 0 amide bonds. The minimum Gasteiger partial charge on any atom is -0.244 e. The first kappa shape index (κ1) is 10.6. The molecule has 0 atom stereocenters. The van der Waals surface area contributed by atoms with Gasteiger partial charge in [0.25, 0.3) is 0 Å². The molecule has 74 valence electrons. The van der Waals surface area contributed by atoms with Crippen molar-refractivity contribution in [3.05, 3.63) is 37.4 Å². The van der Waals surface area contributed by atoms with Gasteiger partial charge in [0.15, 0.2) is 0 Å². The lowest BCUT2D eigenvalue weighted by molar-refractivity contribution is 1.38. The summed E-state index contributed by atoms with van der Waals surface area (Å²) in [5.41, 5.74) is 0.611. The van der Waals surface area contributed by atoms with E-state index in [1.807, 2.05) is 23.6 Å². The Bertz CT molecular complexity index is 520. The standard InChI is InChI=1S/C10H5BrN2S2/c11-9-2-1-8(15-9)5-7(6-12)10-13-3-4-14-10/h1-5H/b7-5+. The van der Waals surface area contributed by atoms with E-state index in [4.69, 9.17) is 5.26 Å². The van der Waals surface area contributed by atoms with Gasteiger partial charge in [-0.3, -0.25) is 0 Å². The van der Waals surface area contributed by atoms with Gasteiger partial charge in [-0.1, -0.05) is 0 Å². The van der Waals surface area contributed by atoms with Crippen molar-refractivity contribution in [3.8, 4) is 6.07 Å². The Morgan fingerprint density at radius 2 is 2.40 bits per heavy atom. The first-order valence-electron chi connectivity index (χ1n) is 4.06. The van der Waals surface area contributed by atoms with Gasteiger partial charge >= 0.3 is 0 Å². The van der Waals surface area contributed by atoms with Gasteiger partial charge in [0, 0.05) is 16.5 Å². The molecule has 0 radical (unpaired) electrons. The molecule has 0 unspecified atom stereocenters. The molecule has 0 saturated heterocycles. The van der Waals surface area contributed by atoms with E-state index in [9.17, 15) is 0 Å². The third-order valence-corrected chi connectivity index (χ3v) is 4.04. The quantitative estimate of drug-likeness (QED) is 0.785. The van der Waals surface area contributed by atoms with E-state index in [2.05, 4.69) is 27.0 Å². The summed E-state index contributed by atoms with van der Waals surface area (Å²) >= 11 is 6.45. The van der Waals surface area contributed by atoms with Crippen LogP contribution in [0.1, 0.15) is 9.88 Å². The van der Waals surface area contributed by atoms with E-state index in [1.54, 1.807) is 17.5 Å². The highest BCUT2D eigenvalue weighted by atomic mass is 79.9. The molecular formula is C10H5BrN2S2. The molecule has 5 heteroatoms. The van der Waals surface area contributed by atoms with Gasteiger partial charge in [0.05, 0.1) is 9.36 Å². The third kappa shape index (κ3) is 2.53. The topological polar surface area (TPSA) is 36.7 Å². The largest absolute Gasteiger partial charge is 0.244 e. The van der Waals surface area contributed by atoms with E-state index in [1.165, 1.54) is 11.3 Å². The Morgan fingerprint density at radius 3 is 2.93 bits per heavy atom. The van der Waals surface area contributed by atoms with Crippen molar-refractivity contribution in [2.75, 3.05) is 0 Å². The van der Waals surface area contributed by atoms with Crippen molar-refractivity contribution in [3.63, 3.8) is 0 Å². The van der Waals surface area contributed by atoms with E-state index in [0.29, 0.717) is 5.57 Å². The molecular weight excluding hydrogens is 292 g/mol. The third-order valence-electron chi connectivity index (χ3n) is 1.66. The summed E-state index contributed by atoms with van der Waals surface area (Å²) in [6.07, 6.45) is 3.56. The Labute approximate surface area is 104 Å². The van der Waals surface area contributed by atoms with E-state index in [-0.39, 0.29) is 0 Å². The zero-order valence-electron chi connectivity index (χ0n) is 7.48. The van der Waals surface area contributed by atoms with Crippen LogP contribution in [-0.4, -0.2) is 4.98 Å². The van der Waals surface area contributed by atoms with Crippen LogP contribution in [0.5, 0.6) is 0 Å². The fraction of sp³-hybridized carbons (Fsp3) is 0.